The maximum Gasteiger partial charge on any atom is 0.232 e. The molecule has 1 N–H and O–H groups in total. The van der Waals surface area contributed by atoms with Crippen molar-refractivity contribution in [2.45, 2.75) is 52.0 Å². The van der Waals surface area contributed by atoms with Crippen LogP contribution in [-0.4, -0.2) is 17.0 Å². The first-order chi connectivity index (χ1) is 11.4. The van der Waals surface area contributed by atoms with E-state index in [0.717, 1.165) is 36.2 Å². The second-order valence-corrected chi connectivity index (χ2v) is 8.35. The fourth-order valence-corrected chi connectivity index (χ4v) is 3.91. The summed E-state index contributed by atoms with van der Waals surface area (Å²) >= 11 is 3.55. The highest BCUT2D eigenvalue weighted by Gasteiger charge is 2.21. The number of aromatic nitrogens is 1. The minimum atomic E-state index is 0.164. The third kappa shape index (κ3) is 3.65. The van der Waals surface area contributed by atoms with Crippen molar-refractivity contribution in [2.75, 3.05) is 6.54 Å². The number of carbonyl (C=O) groups is 1. The Hall–Kier alpha value is -1.39. The van der Waals surface area contributed by atoms with E-state index < -0.39 is 0 Å². The van der Waals surface area contributed by atoms with Crippen LogP contribution in [0.15, 0.2) is 34.9 Å². The van der Waals surface area contributed by atoms with Crippen molar-refractivity contribution in [1.82, 2.24) is 9.88 Å². The molecular weight excluding hydrogens is 364 g/mol. The second kappa shape index (κ2) is 6.85. The minimum absolute atomic E-state index is 0.164. The van der Waals surface area contributed by atoms with E-state index in [1.165, 1.54) is 16.7 Å². The van der Waals surface area contributed by atoms with E-state index in [1.54, 1.807) is 0 Å². The molecule has 0 aliphatic carbocycles. The smallest absolute Gasteiger partial charge is 0.232 e. The van der Waals surface area contributed by atoms with Gasteiger partial charge in [0, 0.05) is 31.6 Å². The van der Waals surface area contributed by atoms with Crippen LogP contribution in [-0.2, 0) is 24.8 Å². The fraction of sp³-hybridized carbons (Fsp3) is 0.450. The topological polar surface area (TPSA) is 34.0 Å². The van der Waals surface area contributed by atoms with E-state index in [4.69, 9.17) is 0 Å². The summed E-state index contributed by atoms with van der Waals surface area (Å²) in [6, 6.07) is 10.7. The third-order valence-corrected chi connectivity index (χ3v) is 5.28. The van der Waals surface area contributed by atoms with Crippen molar-refractivity contribution >= 4 is 21.8 Å². The van der Waals surface area contributed by atoms with E-state index in [0.29, 0.717) is 6.42 Å². The first-order valence-electron chi connectivity index (χ1n) is 8.58. The molecule has 1 aromatic carbocycles. The molecule has 0 unspecified atom stereocenters. The van der Waals surface area contributed by atoms with Gasteiger partial charge in [-0.3, -0.25) is 9.36 Å². The molecule has 1 aliphatic heterocycles. The van der Waals surface area contributed by atoms with Crippen LogP contribution < -0.4 is 5.32 Å². The van der Waals surface area contributed by atoms with Crippen LogP contribution in [0.25, 0.3) is 0 Å². The molecular formula is C20H25BrN2O. The lowest BCUT2D eigenvalue weighted by atomic mass is 9.86. The Balaban J connectivity index is 1.69. The standard InChI is InChI=1S/C20H25BrN2O/c1-20(2,3)16-7-4-14(5-8-16)6-9-19(24)23-17-10-11-22-13-15(17)12-18(23)21/h4-5,7-8,12,22H,6,9-11,13H2,1-3H3. The second-order valence-electron chi connectivity index (χ2n) is 7.54. The summed E-state index contributed by atoms with van der Waals surface area (Å²) in [7, 11) is 0. The molecule has 1 aromatic heterocycles. The lowest BCUT2D eigenvalue weighted by molar-refractivity contribution is 0.0897. The monoisotopic (exact) mass is 388 g/mol. The molecule has 4 heteroatoms. The Labute approximate surface area is 152 Å². The Morgan fingerprint density at radius 2 is 1.96 bits per heavy atom. The van der Waals surface area contributed by atoms with Gasteiger partial charge in [0.2, 0.25) is 5.91 Å². The first kappa shape index (κ1) is 17.4. The normalized spacial score (nSPS) is 14.5. The molecule has 0 saturated heterocycles. The number of halogens is 1. The average Bonchev–Trinajstić information content (AvgIpc) is 2.88. The zero-order valence-electron chi connectivity index (χ0n) is 14.7. The van der Waals surface area contributed by atoms with Crippen molar-refractivity contribution in [2.24, 2.45) is 0 Å². The van der Waals surface area contributed by atoms with E-state index >= 15 is 0 Å². The van der Waals surface area contributed by atoms with Crippen LogP contribution in [0.2, 0.25) is 0 Å². The minimum Gasteiger partial charge on any atom is -0.312 e. The number of nitrogens with zero attached hydrogens (tertiary/aromatic N) is 1. The summed E-state index contributed by atoms with van der Waals surface area (Å²) in [4.78, 5) is 12.7. The van der Waals surface area contributed by atoms with Crippen molar-refractivity contribution in [3.8, 4) is 0 Å². The Morgan fingerprint density at radius 3 is 2.62 bits per heavy atom. The predicted molar refractivity (Wildman–Crippen MR) is 102 cm³/mol. The lowest BCUT2D eigenvalue weighted by Gasteiger charge is -2.19. The van der Waals surface area contributed by atoms with Crippen molar-refractivity contribution in [3.05, 3.63) is 57.3 Å². The maximum atomic E-state index is 12.7. The molecule has 0 fully saturated rings. The van der Waals surface area contributed by atoms with Crippen molar-refractivity contribution in [1.29, 1.82) is 0 Å². The molecule has 0 atom stereocenters. The predicted octanol–water partition coefficient (Wildman–Crippen LogP) is 4.47. The third-order valence-electron chi connectivity index (χ3n) is 4.70. The van der Waals surface area contributed by atoms with E-state index in [2.05, 4.69) is 72.3 Å². The summed E-state index contributed by atoms with van der Waals surface area (Å²) in [6.45, 7) is 8.43. The molecule has 0 bridgehead atoms. The number of hydrogen-bond acceptors (Lipinski definition) is 2. The molecule has 128 valence electrons. The van der Waals surface area contributed by atoms with E-state index in [1.807, 2.05) is 4.57 Å². The molecule has 3 nitrogen and oxygen atoms in total. The van der Waals surface area contributed by atoms with Crippen LogP contribution >= 0.6 is 15.9 Å². The van der Waals surface area contributed by atoms with Gasteiger partial charge in [-0.1, -0.05) is 45.0 Å². The molecule has 2 aromatic rings. The van der Waals surface area contributed by atoms with Gasteiger partial charge in [-0.15, -0.1) is 0 Å². The molecule has 2 heterocycles. The number of rotatable bonds is 3. The van der Waals surface area contributed by atoms with Crippen molar-refractivity contribution in [3.63, 3.8) is 0 Å². The van der Waals surface area contributed by atoms with Gasteiger partial charge in [-0.25, -0.2) is 0 Å². The molecule has 0 saturated carbocycles. The molecule has 3 rings (SSSR count). The van der Waals surface area contributed by atoms with Crippen LogP contribution in [0.4, 0.5) is 0 Å². The summed E-state index contributed by atoms with van der Waals surface area (Å²) in [5, 5.41) is 3.35. The number of benzene rings is 1. The van der Waals surface area contributed by atoms with Crippen LogP contribution in [0.1, 0.15) is 54.4 Å². The van der Waals surface area contributed by atoms with Gasteiger partial charge < -0.3 is 5.32 Å². The van der Waals surface area contributed by atoms with Gasteiger partial charge in [0.1, 0.15) is 0 Å². The summed E-state index contributed by atoms with van der Waals surface area (Å²) in [5.74, 6) is 0.171. The largest absolute Gasteiger partial charge is 0.312 e. The highest BCUT2D eigenvalue weighted by Crippen LogP contribution is 2.25. The van der Waals surface area contributed by atoms with Crippen LogP contribution in [0, 0.1) is 0 Å². The molecule has 0 spiro atoms. The SMILES string of the molecule is CC(C)(C)c1ccc(CCC(=O)n2c(Br)cc3c2CCNC3)cc1. The highest BCUT2D eigenvalue weighted by molar-refractivity contribution is 9.10. The maximum absolute atomic E-state index is 12.7. The first-order valence-corrected chi connectivity index (χ1v) is 9.38. The molecule has 24 heavy (non-hydrogen) atoms. The summed E-state index contributed by atoms with van der Waals surface area (Å²) in [5.41, 5.74) is 5.10. The van der Waals surface area contributed by atoms with Gasteiger partial charge in [-0.05, 0) is 50.5 Å². The number of hydrogen-bond donors (Lipinski definition) is 1. The zero-order chi connectivity index (χ0) is 17.3. The van der Waals surface area contributed by atoms with Gasteiger partial charge in [0.15, 0.2) is 0 Å². The fourth-order valence-electron chi connectivity index (χ4n) is 3.22. The van der Waals surface area contributed by atoms with Crippen LogP contribution in [0.3, 0.4) is 0 Å². The van der Waals surface area contributed by atoms with Gasteiger partial charge >= 0.3 is 0 Å². The number of aryl methyl sites for hydroxylation is 1. The Morgan fingerprint density at radius 1 is 1.25 bits per heavy atom. The highest BCUT2D eigenvalue weighted by atomic mass is 79.9. The average molecular weight is 389 g/mol. The zero-order valence-corrected chi connectivity index (χ0v) is 16.2. The number of nitrogens with one attached hydrogen (secondary N) is 1. The van der Waals surface area contributed by atoms with E-state index in [-0.39, 0.29) is 11.3 Å². The van der Waals surface area contributed by atoms with Gasteiger partial charge in [0.05, 0.1) is 4.60 Å². The quantitative estimate of drug-likeness (QED) is 0.841. The summed E-state index contributed by atoms with van der Waals surface area (Å²) < 4.78 is 2.74. The van der Waals surface area contributed by atoms with Crippen LogP contribution in [0.5, 0.6) is 0 Å². The Bertz CT molecular complexity index is 738. The van der Waals surface area contributed by atoms with Gasteiger partial charge in [-0.2, -0.15) is 0 Å². The lowest BCUT2D eigenvalue weighted by Crippen LogP contribution is -2.26. The summed E-state index contributed by atoms with van der Waals surface area (Å²) in [6.07, 6.45) is 2.22. The van der Waals surface area contributed by atoms with E-state index in [9.17, 15) is 4.79 Å². The Kier molecular flexibility index (Phi) is 4.97. The number of carbonyl (C=O) groups excluding carboxylic acids is 1. The molecule has 1 aliphatic rings. The molecule has 0 amide bonds. The van der Waals surface area contributed by atoms with Crippen molar-refractivity contribution < 1.29 is 4.79 Å². The number of fused-ring (bicyclic) bond motifs is 1. The van der Waals surface area contributed by atoms with Gasteiger partial charge in [0.25, 0.3) is 0 Å². The molecule has 0 radical (unpaired) electrons.